The van der Waals surface area contributed by atoms with Gasteiger partial charge in [-0.1, -0.05) is 18.3 Å². The van der Waals surface area contributed by atoms with Crippen molar-refractivity contribution in [3.05, 3.63) is 334 Å². The molecule has 2 unspecified atom stereocenters. The summed E-state index contributed by atoms with van der Waals surface area (Å²) in [6.07, 6.45) is 55.1. The minimum atomic E-state index is 0. The Labute approximate surface area is 475 Å². The summed E-state index contributed by atoms with van der Waals surface area (Å²) in [6, 6.07) is 59.3. The predicted molar refractivity (Wildman–Crippen MR) is 281 cm³/mol. The topological polar surface area (TPSA) is 0 Å². The van der Waals surface area contributed by atoms with Crippen LogP contribution in [0.2, 0.25) is 0 Å². The SMILES string of the molecule is [Au].[Au].[Au].[C-]1=C(c2[c-]c(Cc3[c-]c(C4=[C-]C=CC4)ccc3)ccc2)CC=C1.[C-]1=CC=CC1c1[c-]c(Cc2[c-]c(C3=CCC=[C-]3)ccc2)ccc1.[C-]1=CC=CC1c1[c-]c(Cc2[c-]c(C3=[C-]C=CC3)ccc2)ccc1. The summed E-state index contributed by atoms with van der Waals surface area (Å²) in [5, 5.41) is 0. The van der Waals surface area contributed by atoms with Gasteiger partial charge in [-0.2, -0.15) is 168 Å². The predicted octanol–water partition coefficient (Wildman–Crippen LogP) is 15.2. The molecule has 3 radical (unpaired) electrons. The molecule has 0 aliphatic heterocycles. The van der Waals surface area contributed by atoms with Crippen LogP contribution in [0, 0.1) is 72.9 Å². The molecule has 12 rings (SSSR count). The fourth-order valence-corrected chi connectivity index (χ4v) is 8.91. The zero-order valence-electron chi connectivity index (χ0n) is 39.5. The maximum atomic E-state index is 3.54. The molecular formula is C69H48Au3-12. The second-order valence-corrected chi connectivity index (χ2v) is 17.4. The summed E-state index contributed by atoms with van der Waals surface area (Å²) in [7, 11) is 0. The molecule has 0 nitrogen and oxygen atoms in total. The zero-order valence-corrected chi connectivity index (χ0v) is 46.0. The van der Waals surface area contributed by atoms with Crippen molar-refractivity contribution in [2.24, 2.45) is 0 Å². The van der Waals surface area contributed by atoms with Crippen molar-refractivity contribution in [1.82, 2.24) is 0 Å². The normalized spacial score (nSPS) is 16.9. The molecule has 369 valence electrons. The van der Waals surface area contributed by atoms with Crippen LogP contribution in [0.15, 0.2) is 194 Å². The van der Waals surface area contributed by atoms with E-state index in [9.17, 15) is 0 Å². The van der Waals surface area contributed by atoms with Gasteiger partial charge in [-0.3, -0.25) is 23.3 Å². The number of allylic oxidation sites excluding steroid dienone is 24. The molecule has 0 N–H and O–H groups in total. The van der Waals surface area contributed by atoms with Gasteiger partial charge in [0.05, 0.1) is 0 Å². The molecule has 0 heterocycles. The maximum Gasteiger partial charge on any atom is 0 e. The molecule has 6 aliphatic rings. The van der Waals surface area contributed by atoms with E-state index in [1.54, 1.807) is 0 Å². The van der Waals surface area contributed by atoms with E-state index >= 15 is 0 Å². The van der Waals surface area contributed by atoms with Crippen molar-refractivity contribution in [3.8, 4) is 0 Å². The van der Waals surface area contributed by atoms with Gasteiger partial charge in [0.25, 0.3) is 0 Å². The van der Waals surface area contributed by atoms with E-state index in [-0.39, 0.29) is 79.0 Å². The monoisotopic (exact) mass is 1470 g/mol. The van der Waals surface area contributed by atoms with Crippen LogP contribution in [0.5, 0.6) is 0 Å². The molecule has 0 fully saturated rings. The molecule has 6 aliphatic carbocycles. The second-order valence-electron chi connectivity index (χ2n) is 17.4. The molecule has 0 aromatic heterocycles. The Bertz CT molecular complexity index is 3110. The Morgan fingerprint density at radius 2 is 0.764 bits per heavy atom. The van der Waals surface area contributed by atoms with Crippen LogP contribution < -0.4 is 0 Å². The zero-order chi connectivity index (χ0) is 46.5. The van der Waals surface area contributed by atoms with Gasteiger partial charge in [-0.05, 0) is 19.3 Å². The van der Waals surface area contributed by atoms with Crippen molar-refractivity contribution in [3.63, 3.8) is 0 Å². The summed E-state index contributed by atoms with van der Waals surface area (Å²) in [5.41, 5.74) is 18.9. The fourth-order valence-electron chi connectivity index (χ4n) is 8.91. The van der Waals surface area contributed by atoms with Gasteiger partial charge in [0.1, 0.15) is 0 Å². The molecular weight excluding hydrogens is 1420 g/mol. The Morgan fingerprint density at radius 1 is 0.403 bits per heavy atom. The molecule has 3 heteroatoms. The third-order valence-electron chi connectivity index (χ3n) is 12.4. The van der Waals surface area contributed by atoms with E-state index in [1.165, 1.54) is 61.2 Å². The van der Waals surface area contributed by atoms with Crippen LogP contribution in [0.3, 0.4) is 0 Å². The quantitative estimate of drug-likeness (QED) is 0.0846. The fraction of sp³-hybridized carbons (Fsp3) is 0.130. The third-order valence-corrected chi connectivity index (χ3v) is 12.4. The summed E-state index contributed by atoms with van der Waals surface area (Å²) in [4.78, 5) is 0. The average molecular weight is 1470 g/mol. The van der Waals surface area contributed by atoms with E-state index in [1.807, 2.05) is 42.5 Å². The van der Waals surface area contributed by atoms with Gasteiger partial charge in [0.2, 0.25) is 0 Å². The Hall–Kier alpha value is -5.58. The molecule has 0 amide bonds. The van der Waals surface area contributed by atoms with Gasteiger partial charge >= 0.3 is 0 Å². The Morgan fingerprint density at radius 3 is 1.10 bits per heavy atom. The van der Waals surface area contributed by atoms with E-state index in [0.29, 0.717) is 0 Å². The molecule has 6 aromatic carbocycles. The molecule has 72 heavy (non-hydrogen) atoms. The number of hydrogen-bond donors (Lipinski definition) is 0. The third kappa shape index (κ3) is 14.8. The van der Waals surface area contributed by atoms with Crippen LogP contribution in [-0.4, -0.2) is 0 Å². The van der Waals surface area contributed by atoms with Crippen molar-refractivity contribution in [2.45, 2.75) is 56.8 Å². The molecule has 0 saturated carbocycles. The van der Waals surface area contributed by atoms with Crippen LogP contribution in [0.1, 0.15) is 104 Å². The minimum Gasteiger partial charge on any atom is -0.273 e. The number of rotatable bonds is 12. The van der Waals surface area contributed by atoms with Crippen LogP contribution in [-0.2, 0) is 86.4 Å². The Kier molecular flexibility index (Phi) is 20.7. The van der Waals surface area contributed by atoms with Gasteiger partial charge in [0, 0.05) is 67.1 Å². The van der Waals surface area contributed by atoms with Crippen LogP contribution in [0.25, 0.3) is 22.3 Å². The van der Waals surface area contributed by atoms with Gasteiger partial charge < -0.3 is 0 Å². The van der Waals surface area contributed by atoms with E-state index in [4.69, 9.17) is 0 Å². The first kappa shape index (κ1) is 54.2. The summed E-state index contributed by atoms with van der Waals surface area (Å²) >= 11 is 0. The largest absolute Gasteiger partial charge is 0.273 e. The Balaban J connectivity index is 0.000000155. The molecule has 6 aromatic rings. The smallest absolute Gasteiger partial charge is 0 e. The summed E-state index contributed by atoms with van der Waals surface area (Å²) in [5.74, 6) is 0.489. The standard InChI is InChI=1S/3C23H16.3Au/c3*1-2-10-20(9-1)22-13-5-7-18(16-22)15-19-8-6-14-23(17-19)21-11-3-4-12-21;;;/h1-3,5-9,12-14,20H,4,15H2;1-8,13-14H,9,11,15H2;1-9,13-14,20H,11,15H2;;;/q3*-4;;;. The van der Waals surface area contributed by atoms with Gasteiger partial charge in [0.15, 0.2) is 0 Å². The summed E-state index contributed by atoms with van der Waals surface area (Å²) in [6.45, 7) is 0. The molecule has 0 bridgehead atoms. The van der Waals surface area contributed by atoms with Gasteiger partial charge in [-0.25, -0.2) is 118 Å². The molecule has 2 atom stereocenters. The van der Waals surface area contributed by atoms with Crippen LogP contribution in [0.4, 0.5) is 0 Å². The first-order valence-electron chi connectivity index (χ1n) is 23.9. The van der Waals surface area contributed by atoms with Crippen LogP contribution >= 0.6 is 0 Å². The molecule has 0 spiro atoms. The van der Waals surface area contributed by atoms with Crippen molar-refractivity contribution < 1.29 is 67.1 Å². The second kappa shape index (κ2) is 27.5. The number of hydrogen-bond acceptors (Lipinski definition) is 0. The van der Waals surface area contributed by atoms with E-state index in [0.717, 1.165) is 72.8 Å². The van der Waals surface area contributed by atoms with Crippen molar-refractivity contribution in [2.75, 3.05) is 0 Å². The van der Waals surface area contributed by atoms with E-state index < -0.39 is 0 Å². The minimum absolute atomic E-state index is 0. The maximum absolute atomic E-state index is 3.54. The summed E-state index contributed by atoms with van der Waals surface area (Å²) < 4.78 is 0. The average Bonchev–Trinajstić information content (AvgIpc) is 4.26. The number of benzene rings is 6. The van der Waals surface area contributed by atoms with Gasteiger partial charge in [-0.15, -0.1) is 65.8 Å². The first-order chi connectivity index (χ1) is 34.1. The van der Waals surface area contributed by atoms with Crippen molar-refractivity contribution in [1.29, 1.82) is 0 Å². The van der Waals surface area contributed by atoms with Crippen molar-refractivity contribution >= 4 is 22.3 Å². The molecule has 0 saturated heterocycles. The first-order valence-corrected chi connectivity index (χ1v) is 23.9. The van der Waals surface area contributed by atoms with E-state index in [2.05, 4.69) is 225 Å².